The molecule has 4 rings (SSSR count). The first-order valence-electron chi connectivity index (χ1n) is 9.17. The average Bonchev–Trinajstić information content (AvgIpc) is 2.75. The summed E-state index contributed by atoms with van der Waals surface area (Å²) < 4.78 is 19.0. The zero-order chi connectivity index (χ0) is 20.4. The summed E-state index contributed by atoms with van der Waals surface area (Å²) in [5.41, 5.74) is 2.61. The molecule has 1 amide bonds. The molecule has 0 radical (unpaired) electrons. The second-order valence-electron chi connectivity index (χ2n) is 6.71. The van der Waals surface area contributed by atoms with Gasteiger partial charge in [0.1, 0.15) is 11.9 Å². The number of ether oxygens (including phenoxy) is 1. The second-order valence-corrected chi connectivity index (χ2v) is 6.71. The maximum absolute atomic E-state index is 13.7. The molecule has 1 aliphatic heterocycles. The lowest BCUT2D eigenvalue weighted by atomic mass is 10.1. The first kappa shape index (κ1) is 21.4. The zero-order valence-electron chi connectivity index (χ0n) is 16.2. The molecule has 1 aliphatic rings. The third kappa shape index (κ3) is 4.17. The number of carbonyl (C=O) groups is 1. The van der Waals surface area contributed by atoms with E-state index in [1.165, 1.54) is 24.4 Å². The van der Waals surface area contributed by atoms with E-state index in [1.54, 1.807) is 4.90 Å². The highest BCUT2D eigenvalue weighted by Gasteiger charge is 2.23. The fraction of sp³-hybridized carbons (Fsp3) is 0.238. The van der Waals surface area contributed by atoms with Crippen LogP contribution in [0.25, 0.3) is 11.0 Å². The Morgan fingerprint density at radius 2 is 2.03 bits per heavy atom. The predicted octanol–water partition coefficient (Wildman–Crippen LogP) is 3.59. The smallest absolute Gasteiger partial charge is 0.257 e. The Balaban J connectivity index is 0.00000256. The summed E-state index contributed by atoms with van der Waals surface area (Å²) in [4.78, 5) is 23.7. The van der Waals surface area contributed by atoms with Crippen LogP contribution in [0.4, 0.5) is 15.8 Å². The van der Waals surface area contributed by atoms with Crippen LogP contribution in [0, 0.1) is 24.1 Å². The number of aryl methyl sites for hydroxylation is 1. The third-order valence-corrected chi connectivity index (χ3v) is 4.75. The quantitative estimate of drug-likeness (QED) is 0.686. The monoisotopic (exact) mass is 427 g/mol. The number of hydrogen-bond acceptors (Lipinski definition) is 6. The van der Waals surface area contributed by atoms with Crippen molar-refractivity contribution in [3.05, 3.63) is 59.2 Å². The molecule has 0 saturated carbocycles. The van der Waals surface area contributed by atoms with E-state index in [-0.39, 0.29) is 23.9 Å². The van der Waals surface area contributed by atoms with Crippen molar-refractivity contribution in [3.63, 3.8) is 0 Å². The Morgan fingerprint density at radius 3 is 2.77 bits per heavy atom. The first-order valence-corrected chi connectivity index (χ1v) is 9.17. The highest BCUT2D eigenvalue weighted by molar-refractivity contribution is 6.07. The van der Waals surface area contributed by atoms with Crippen molar-refractivity contribution >= 4 is 40.7 Å². The van der Waals surface area contributed by atoms with Crippen molar-refractivity contribution in [1.29, 1.82) is 5.26 Å². The Morgan fingerprint density at radius 1 is 1.27 bits per heavy atom. The van der Waals surface area contributed by atoms with Crippen LogP contribution in [0.5, 0.6) is 0 Å². The number of nitrogens with zero attached hydrogens (tertiary/aromatic N) is 4. The molecule has 0 aliphatic carbocycles. The standard InChI is InChI=1S/C21H18FN5O2.ClH/c1-13-2-4-16-19(26-15-3-5-18(22)14(10-15)11-23)17(12-24-20(16)25-13)21(28)27-6-8-29-9-7-27;/h2-5,10,12H,6-9H2,1H3,(H,24,25,26);1H. The van der Waals surface area contributed by atoms with Gasteiger partial charge < -0.3 is 15.0 Å². The van der Waals surface area contributed by atoms with Crippen LogP contribution in [0.1, 0.15) is 21.6 Å². The Labute approximate surface area is 178 Å². The predicted molar refractivity (Wildman–Crippen MR) is 113 cm³/mol. The Kier molecular flexibility index (Phi) is 6.45. The van der Waals surface area contributed by atoms with Crippen molar-refractivity contribution in [2.24, 2.45) is 0 Å². The number of benzene rings is 1. The fourth-order valence-corrected chi connectivity index (χ4v) is 3.24. The van der Waals surface area contributed by atoms with E-state index < -0.39 is 5.82 Å². The van der Waals surface area contributed by atoms with E-state index >= 15 is 0 Å². The molecule has 1 aromatic carbocycles. The van der Waals surface area contributed by atoms with Gasteiger partial charge in [-0.2, -0.15) is 5.26 Å². The van der Waals surface area contributed by atoms with Gasteiger partial charge in [-0.3, -0.25) is 4.79 Å². The molecule has 0 atom stereocenters. The van der Waals surface area contributed by atoms with Crippen molar-refractivity contribution < 1.29 is 13.9 Å². The highest BCUT2D eigenvalue weighted by atomic mass is 35.5. The summed E-state index contributed by atoms with van der Waals surface area (Å²) >= 11 is 0. The van der Waals surface area contributed by atoms with Crippen LogP contribution in [0.15, 0.2) is 36.5 Å². The first-order chi connectivity index (χ1) is 14.1. The van der Waals surface area contributed by atoms with E-state index in [0.717, 1.165) is 5.69 Å². The number of carbonyl (C=O) groups excluding carboxylic acids is 1. The summed E-state index contributed by atoms with van der Waals surface area (Å²) in [5, 5.41) is 13.0. The fourth-order valence-electron chi connectivity index (χ4n) is 3.24. The van der Waals surface area contributed by atoms with Gasteiger partial charge in [0.2, 0.25) is 0 Å². The van der Waals surface area contributed by atoms with Gasteiger partial charge in [-0.05, 0) is 37.3 Å². The van der Waals surface area contributed by atoms with E-state index in [2.05, 4.69) is 15.3 Å². The molecule has 0 spiro atoms. The lowest BCUT2D eigenvalue weighted by molar-refractivity contribution is 0.0303. The molecule has 2 aromatic heterocycles. The molecule has 1 fully saturated rings. The summed E-state index contributed by atoms with van der Waals surface area (Å²) in [5.74, 6) is -0.770. The Bertz CT molecular complexity index is 1140. The number of nitriles is 1. The van der Waals surface area contributed by atoms with E-state index in [0.29, 0.717) is 54.3 Å². The minimum absolute atomic E-state index is 0. The largest absolute Gasteiger partial charge is 0.378 e. The van der Waals surface area contributed by atoms with Gasteiger partial charge >= 0.3 is 0 Å². The number of aromatic nitrogens is 2. The lowest BCUT2D eigenvalue weighted by Gasteiger charge is -2.27. The molecule has 9 heteroatoms. The van der Waals surface area contributed by atoms with Gasteiger partial charge in [0.25, 0.3) is 5.91 Å². The summed E-state index contributed by atoms with van der Waals surface area (Å²) in [6, 6.07) is 9.66. The molecule has 0 unspecified atom stereocenters. The van der Waals surface area contributed by atoms with Crippen LogP contribution in [-0.4, -0.2) is 47.1 Å². The van der Waals surface area contributed by atoms with Crippen LogP contribution < -0.4 is 5.32 Å². The van der Waals surface area contributed by atoms with Gasteiger partial charge in [0.05, 0.1) is 30.0 Å². The number of halogens is 2. The summed E-state index contributed by atoms with van der Waals surface area (Å²) in [7, 11) is 0. The van der Waals surface area contributed by atoms with Crippen LogP contribution in [0.3, 0.4) is 0 Å². The van der Waals surface area contributed by atoms with Crippen LogP contribution in [-0.2, 0) is 4.74 Å². The Hall–Kier alpha value is -3.28. The van der Waals surface area contributed by atoms with Crippen LogP contribution >= 0.6 is 12.4 Å². The normalized spacial score (nSPS) is 13.4. The van der Waals surface area contributed by atoms with E-state index in [4.69, 9.17) is 10.00 Å². The third-order valence-electron chi connectivity index (χ3n) is 4.75. The highest BCUT2D eigenvalue weighted by Crippen LogP contribution is 2.30. The lowest BCUT2D eigenvalue weighted by Crippen LogP contribution is -2.41. The molecule has 154 valence electrons. The number of nitrogens with one attached hydrogen (secondary N) is 1. The van der Waals surface area contributed by atoms with Gasteiger partial charge in [0, 0.05) is 36.1 Å². The molecule has 7 nitrogen and oxygen atoms in total. The van der Waals surface area contributed by atoms with E-state index in [1.807, 2.05) is 25.1 Å². The van der Waals surface area contributed by atoms with Crippen LogP contribution in [0.2, 0.25) is 0 Å². The number of rotatable bonds is 3. The number of anilines is 2. The minimum Gasteiger partial charge on any atom is -0.378 e. The maximum atomic E-state index is 13.7. The number of morpholine rings is 1. The van der Waals surface area contributed by atoms with Gasteiger partial charge in [-0.1, -0.05) is 0 Å². The van der Waals surface area contributed by atoms with Gasteiger partial charge in [-0.15, -0.1) is 12.4 Å². The number of amides is 1. The number of pyridine rings is 2. The average molecular weight is 428 g/mol. The maximum Gasteiger partial charge on any atom is 0.257 e. The SMILES string of the molecule is Cc1ccc2c(Nc3ccc(F)c(C#N)c3)c(C(=O)N3CCOCC3)cnc2n1.Cl. The molecule has 3 aromatic rings. The number of fused-ring (bicyclic) bond motifs is 1. The summed E-state index contributed by atoms with van der Waals surface area (Å²) in [6.45, 7) is 3.83. The second kappa shape index (κ2) is 9.03. The summed E-state index contributed by atoms with van der Waals surface area (Å²) in [6.07, 6.45) is 1.50. The van der Waals surface area contributed by atoms with Crippen molar-refractivity contribution in [3.8, 4) is 6.07 Å². The molecule has 0 bridgehead atoms. The van der Waals surface area contributed by atoms with Crippen molar-refractivity contribution in [2.45, 2.75) is 6.92 Å². The van der Waals surface area contributed by atoms with Crippen molar-refractivity contribution in [2.75, 3.05) is 31.6 Å². The topological polar surface area (TPSA) is 91.1 Å². The molecular formula is C21H19ClFN5O2. The molecular weight excluding hydrogens is 409 g/mol. The molecule has 3 heterocycles. The van der Waals surface area contributed by atoms with Crippen molar-refractivity contribution in [1.82, 2.24) is 14.9 Å². The minimum atomic E-state index is -0.598. The van der Waals surface area contributed by atoms with E-state index in [9.17, 15) is 9.18 Å². The van der Waals surface area contributed by atoms with Gasteiger partial charge in [0.15, 0.2) is 5.65 Å². The van der Waals surface area contributed by atoms with Gasteiger partial charge in [-0.25, -0.2) is 14.4 Å². The number of hydrogen-bond donors (Lipinski definition) is 1. The molecule has 1 saturated heterocycles. The zero-order valence-corrected chi connectivity index (χ0v) is 17.0. The molecule has 30 heavy (non-hydrogen) atoms. The molecule has 1 N–H and O–H groups in total.